The Morgan fingerprint density at radius 3 is 2.59 bits per heavy atom. The van der Waals surface area contributed by atoms with E-state index in [4.69, 9.17) is 4.74 Å². The summed E-state index contributed by atoms with van der Waals surface area (Å²) in [5.41, 5.74) is 3.65. The van der Waals surface area contributed by atoms with E-state index < -0.39 is 10.0 Å². The van der Waals surface area contributed by atoms with Gasteiger partial charge in [-0.3, -0.25) is 0 Å². The summed E-state index contributed by atoms with van der Waals surface area (Å²) in [6, 6.07) is 11.6. The molecule has 3 aromatic rings. The van der Waals surface area contributed by atoms with Crippen LogP contribution in [0.25, 0.3) is 10.9 Å². The number of rotatable bonds is 6. The average molecular weight is 385 g/mol. The van der Waals surface area contributed by atoms with Crippen molar-refractivity contribution in [3.8, 4) is 5.75 Å². The lowest BCUT2D eigenvalue weighted by molar-refractivity contribution is 0.411. The summed E-state index contributed by atoms with van der Waals surface area (Å²) in [6.45, 7) is 4.05. The Morgan fingerprint density at radius 1 is 1.15 bits per heavy atom. The van der Waals surface area contributed by atoms with Crippen molar-refractivity contribution >= 4 is 20.9 Å². The number of aromatic nitrogens is 1. The van der Waals surface area contributed by atoms with Gasteiger partial charge < -0.3 is 9.72 Å². The van der Waals surface area contributed by atoms with Crippen molar-refractivity contribution < 1.29 is 13.2 Å². The molecule has 0 radical (unpaired) electrons. The van der Waals surface area contributed by atoms with Crippen LogP contribution in [0.3, 0.4) is 0 Å². The first-order chi connectivity index (χ1) is 12.9. The predicted octanol–water partition coefficient (Wildman–Crippen LogP) is 3.80. The van der Waals surface area contributed by atoms with Gasteiger partial charge in [-0.2, -0.15) is 0 Å². The van der Waals surface area contributed by atoms with Crippen LogP contribution < -0.4 is 9.46 Å². The Labute approximate surface area is 159 Å². The van der Waals surface area contributed by atoms with Gasteiger partial charge in [0.15, 0.2) is 0 Å². The quantitative estimate of drug-likeness (QED) is 0.679. The van der Waals surface area contributed by atoms with Gasteiger partial charge in [0.25, 0.3) is 0 Å². The molecule has 1 heterocycles. The van der Waals surface area contributed by atoms with Crippen molar-refractivity contribution in [2.75, 3.05) is 13.7 Å². The number of para-hydroxylation sites is 1. The molecule has 1 fully saturated rings. The molecule has 1 aromatic heterocycles. The van der Waals surface area contributed by atoms with Gasteiger partial charge in [-0.1, -0.05) is 18.2 Å². The van der Waals surface area contributed by atoms with Gasteiger partial charge in [0.2, 0.25) is 10.0 Å². The number of nitrogens with one attached hydrogen (secondary N) is 2. The maximum atomic E-state index is 13.0. The SMILES string of the molecule is COc1cc(C)c(S(=O)(=O)NCC2(c3c[nH]c4ccccc34)CC2)cc1C. The average Bonchev–Trinajstić information content (AvgIpc) is 3.32. The number of H-pyrrole nitrogens is 1. The molecule has 0 aliphatic heterocycles. The molecule has 1 aliphatic carbocycles. The second-order valence-corrected chi connectivity index (χ2v) is 9.18. The van der Waals surface area contributed by atoms with Gasteiger partial charge in [-0.25, -0.2) is 13.1 Å². The Balaban J connectivity index is 1.60. The first-order valence-electron chi connectivity index (χ1n) is 9.08. The molecule has 0 amide bonds. The van der Waals surface area contributed by atoms with Gasteiger partial charge in [-0.05, 0) is 61.6 Å². The summed E-state index contributed by atoms with van der Waals surface area (Å²) in [6.07, 6.45) is 3.99. The zero-order chi connectivity index (χ0) is 19.2. The Bertz CT molecular complexity index is 1110. The lowest BCUT2D eigenvalue weighted by Crippen LogP contribution is -2.32. The monoisotopic (exact) mass is 384 g/mol. The third kappa shape index (κ3) is 3.13. The highest BCUT2D eigenvalue weighted by atomic mass is 32.2. The summed E-state index contributed by atoms with van der Waals surface area (Å²) in [5.74, 6) is 0.698. The molecule has 2 aromatic carbocycles. The zero-order valence-electron chi connectivity index (χ0n) is 15.8. The number of benzene rings is 2. The van der Waals surface area contributed by atoms with Crippen molar-refractivity contribution in [2.45, 2.75) is 37.0 Å². The van der Waals surface area contributed by atoms with Crippen LogP contribution >= 0.6 is 0 Å². The Kier molecular flexibility index (Phi) is 4.28. The lowest BCUT2D eigenvalue weighted by Gasteiger charge is -2.17. The largest absolute Gasteiger partial charge is 0.496 e. The molecule has 2 N–H and O–H groups in total. The molecule has 1 saturated carbocycles. The maximum absolute atomic E-state index is 13.0. The number of ether oxygens (including phenoxy) is 1. The van der Waals surface area contributed by atoms with Crippen molar-refractivity contribution in [2.24, 2.45) is 0 Å². The third-order valence-electron chi connectivity index (χ3n) is 5.60. The van der Waals surface area contributed by atoms with Crippen LogP contribution in [0.1, 0.15) is 29.5 Å². The van der Waals surface area contributed by atoms with Crippen LogP contribution in [0, 0.1) is 13.8 Å². The minimum absolute atomic E-state index is 0.123. The minimum Gasteiger partial charge on any atom is -0.496 e. The van der Waals surface area contributed by atoms with Crippen LogP contribution in [-0.2, 0) is 15.4 Å². The Hall–Kier alpha value is -2.31. The summed E-state index contributed by atoms with van der Waals surface area (Å²) in [7, 11) is -2.00. The highest BCUT2D eigenvalue weighted by Crippen LogP contribution is 2.50. The van der Waals surface area contributed by atoms with Crippen molar-refractivity contribution in [3.05, 3.63) is 59.3 Å². The van der Waals surface area contributed by atoms with Gasteiger partial charge in [0, 0.05) is 29.1 Å². The molecule has 142 valence electrons. The molecule has 0 bridgehead atoms. The highest BCUT2D eigenvalue weighted by molar-refractivity contribution is 7.89. The van der Waals surface area contributed by atoms with Crippen LogP contribution in [0.4, 0.5) is 0 Å². The van der Waals surface area contributed by atoms with E-state index in [2.05, 4.69) is 15.8 Å². The number of hydrogen-bond acceptors (Lipinski definition) is 3. The second-order valence-electron chi connectivity index (χ2n) is 7.44. The van der Waals surface area contributed by atoms with E-state index in [1.165, 1.54) is 10.9 Å². The van der Waals surface area contributed by atoms with Gasteiger partial charge >= 0.3 is 0 Å². The van der Waals surface area contributed by atoms with Gasteiger partial charge in [0.1, 0.15) is 5.75 Å². The van der Waals surface area contributed by atoms with E-state index >= 15 is 0 Å². The lowest BCUT2D eigenvalue weighted by atomic mass is 9.96. The van der Waals surface area contributed by atoms with E-state index in [1.54, 1.807) is 26.2 Å². The molecular formula is C21H24N2O3S. The number of methoxy groups -OCH3 is 1. The van der Waals surface area contributed by atoms with Crippen LogP contribution in [-0.4, -0.2) is 27.1 Å². The fourth-order valence-electron chi connectivity index (χ4n) is 3.79. The topological polar surface area (TPSA) is 71.2 Å². The van der Waals surface area contributed by atoms with E-state index in [1.807, 2.05) is 31.3 Å². The number of aryl methyl sites for hydroxylation is 2. The molecule has 0 unspecified atom stereocenters. The summed E-state index contributed by atoms with van der Waals surface area (Å²) < 4.78 is 34.0. The minimum atomic E-state index is -3.59. The van der Waals surface area contributed by atoms with Gasteiger partial charge in [-0.15, -0.1) is 0 Å². The van der Waals surface area contributed by atoms with Crippen LogP contribution in [0.2, 0.25) is 0 Å². The zero-order valence-corrected chi connectivity index (χ0v) is 16.6. The first-order valence-corrected chi connectivity index (χ1v) is 10.6. The van der Waals surface area contributed by atoms with Crippen LogP contribution in [0.15, 0.2) is 47.5 Å². The molecule has 0 saturated heterocycles. The Morgan fingerprint density at radius 2 is 1.89 bits per heavy atom. The number of hydrogen-bond donors (Lipinski definition) is 2. The third-order valence-corrected chi connectivity index (χ3v) is 7.14. The number of fused-ring (bicyclic) bond motifs is 1. The predicted molar refractivity (Wildman–Crippen MR) is 107 cm³/mol. The van der Waals surface area contributed by atoms with Crippen LogP contribution in [0.5, 0.6) is 5.75 Å². The molecule has 6 heteroatoms. The summed E-state index contributed by atoms with van der Waals surface area (Å²) in [4.78, 5) is 3.62. The molecule has 1 aliphatic rings. The second kappa shape index (κ2) is 6.39. The van der Waals surface area contributed by atoms with Crippen molar-refractivity contribution in [1.82, 2.24) is 9.71 Å². The highest BCUT2D eigenvalue weighted by Gasteiger charge is 2.46. The summed E-state index contributed by atoms with van der Waals surface area (Å²) >= 11 is 0. The smallest absolute Gasteiger partial charge is 0.240 e. The maximum Gasteiger partial charge on any atom is 0.240 e. The molecule has 5 nitrogen and oxygen atoms in total. The normalized spacial score (nSPS) is 15.8. The number of aromatic amines is 1. The standard InChI is InChI=1S/C21H24N2O3S/c1-14-11-20(15(2)10-19(14)26-3)27(24,25)23-13-21(8-9-21)17-12-22-18-7-5-4-6-16(17)18/h4-7,10-12,22-23H,8-9,13H2,1-3H3. The van der Waals surface area contributed by atoms with E-state index in [0.29, 0.717) is 22.8 Å². The van der Waals surface area contributed by atoms with E-state index in [-0.39, 0.29) is 5.41 Å². The molecule has 4 rings (SSSR count). The van der Waals surface area contributed by atoms with Crippen molar-refractivity contribution in [1.29, 1.82) is 0 Å². The molecule has 27 heavy (non-hydrogen) atoms. The number of sulfonamides is 1. The van der Waals surface area contributed by atoms with E-state index in [0.717, 1.165) is 23.9 Å². The fourth-order valence-corrected chi connectivity index (χ4v) is 5.22. The molecular weight excluding hydrogens is 360 g/mol. The summed E-state index contributed by atoms with van der Waals surface area (Å²) in [5, 5.41) is 1.17. The van der Waals surface area contributed by atoms with Crippen molar-refractivity contribution in [3.63, 3.8) is 0 Å². The fraction of sp³-hybridized carbons (Fsp3) is 0.333. The molecule has 0 atom stereocenters. The van der Waals surface area contributed by atoms with Gasteiger partial charge in [0.05, 0.1) is 12.0 Å². The molecule has 0 spiro atoms. The van der Waals surface area contributed by atoms with E-state index in [9.17, 15) is 8.42 Å². The first kappa shape index (κ1) is 18.1.